The molecule has 0 radical (unpaired) electrons. The molecule has 1 fully saturated rings. The van der Waals surface area contributed by atoms with E-state index in [4.69, 9.17) is 9.47 Å². The Kier molecular flexibility index (Phi) is 7.33. The molecule has 5 nitrogen and oxygen atoms in total. The van der Waals surface area contributed by atoms with E-state index in [1.54, 1.807) is 0 Å². The summed E-state index contributed by atoms with van der Waals surface area (Å²) in [7, 11) is 1.40. The van der Waals surface area contributed by atoms with Crippen LogP contribution in [-0.4, -0.2) is 31.8 Å². The summed E-state index contributed by atoms with van der Waals surface area (Å²) in [5, 5.41) is 0. The summed E-state index contributed by atoms with van der Waals surface area (Å²) in [6, 6.07) is 0. The molecular formula is C18H26O5. The number of hydrogen-bond acceptors (Lipinski definition) is 5. The number of allylic oxidation sites excluding steroid dienone is 4. The fourth-order valence-electron chi connectivity index (χ4n) is 2.79. The maximum absolute atomic E-state index is 12.0. The lowest BCUT2D eigenvalue weighted by molar-refractivity contribution is -0.141. The Morgan fingerprint density at radius 2 is 2.17 bits per heavy atom. The third-order valence-electron chi connectivity index (χ3n) is 4.13. The summed E-state index contributed by atoms with van der Waals surface area (Å²) >= 11 is 0. The minimum absolute atomic E-state index is 0.176. The first-order valence-electron chi connectivity index (χ1n) is 8.46. The van der Waals surface area contributed by atoms with Gasteiger partial charge in [-0.3, -0.25) is 9.59 Å². The third kappa shape index (κ3) is 5.82. The summed E-state index contributed by atoms with van der Waals surface area (Å²) < 4.78 is 16.1. The molecule has 1 unspecified atom stereocenters. The van der Waals surface area contributed by atoms with Gasteiger partial charge in [0.15, 0.2) is 12.1 Å². The summed E-state index contributed by atoms with van der Waals surface area (Å²) in [5.74, 6) is 0.798. The number of ketones is 1. The second-order valence-corrected chi connectivity index (χ2v) is 5.88. The Morgan fingerprint density at radius 3 is 2.91 bits per heavy atom. The van der Waals surface area contributed by atoms with Gasteiger partial charge in [0, 0.05) is 31.3 Å². The zero-order chi connectivity index (χ0) is 16.5. The number of unbranched alkanes of at least 4 members (excludes halogenated alkanes) is 1. The van der Waals surface area contributed by atoms with E-state index in [-0.39, 0.29) is 18.0 Å². The molecule has 2 rings (SSSR count). The van der Waals surface area contributed by atoms with Crippen LogP contribution in [0.1, 0.15) is 57.8 Å². The van der Waals surface area contributed by atoms with E-state index in [0.717, 1.165) is 50.0 Å². The summed E-state index contributed by atoms with van der Waals surface area (Å²) in [6.07, 6.45) is 10.7. The molecule has 128 valence electrons. The van der Waals surface area contributed by atoms with Crippen LogP contribution >= 0.6 is 0 Å². The molecule has 0 aromatic carbocycles. The minimum Gasteiger partial charge on any atom is -0.469 e. The van der Waals surface area contributed by atoms with Crippen molar-refractivity contribution in [2.75, 3.05) is 13.7 Å². The third-order valence-corrected chi connectivity index (χ3v) is 4.13. The normalized spacial score (nSPS) is 22.0. The smallest absolute Gasteiger partial charge is 0.305 e. The van der Waals surface area contributed by atoms with E-state index in [2.05, 4.69) is 4.74 Å². The van der Waals surface area contributed by atoms with Gasteiger partial charge in [0.05, 0.1) is 13.7 Å². The van der Waals surface area contributed by atoms with Crippen LogP contribution in [-0.2, 0) is 23.8 Å². The first-order valence-corrected chi connectivity index (χ1v) is 8.46. The van der Waals surface area contributed by atoms with E-state index in [1.807, 2.05) is 12.2 Å². The molecule has 0 aromatic rings. The number of ether oxygens (including phenoxy) is 3. The first-order chi connectivity index (χ1) is 11.2. The lowest BCUT2D eigenvalue weighted by Gasteiger charge is -2.24. The maximum Gasteiger partial charge on any atom is 0.305 e. The van der Waals surface area contributed by atoms with Gasteiger partial charge in [-0.15, -0.1) is 0 Å². The highest BCUT2D eigenvalue weighted by molar-refractivity contribution is 5.98. The second kappa shape index (κ2) is 9.50. The number of hydrogen-bond donors (Lipinski definition) is 0. The van der Waals surface area contributed by atoms with Crippen molar-refractivity contribution in [3.8, 4) is 0 Å². The van der Waals surface area contributed by atoms with Crippen LogP contribution < -0.4 is 0 Å². The molecule has 23 heavy (non-hydrogen) atoms. The van der Waals surface area contributed by atoms with E-state index in [9.17, 15) is 9.59 Å². The number of Topliss-reactive ketones (excluding diaryl/α,β-unsaturated/α-hetero) is 1. The molecule has 0 spiro atoms. The number of rotatable bonds is 8. The largest absolute Gasteiger partial charge is 0.469 e. The molecule has 0 saturated carbocycles. The maximum atomic E-state index is 12.0. The predicted molar refractivity (Wildman–Crippen MR) is 85.6 cm³/mol. The van der Waals surface area contributed by atoms with Crippen LogP contribution in [0.2, 0.25) is 0 Å². The van der Waals surface area contributed by atoms with Gasteiger partial charge in [-0.25, -0.2) is 0 Å². The van der Waals surface area contributed by atoms with E-state index < -0.39 is 0 Å². The second-order valence-electron chi connectivity index (χ2n) is 5.88. The van der Waals surface area contributed by atoms with Gasteiger partial charge >= 0.3 is 5.97 Å². The molecular weight excluding hydrogens is 296 g/mol. The zero-order valence-electron chi connectivity index (χ0n) is 13.8. The molecule has 0 aromatic heterocycles. The molecule has 5 heteroatoms. The Labute approximate surface area is 137 Å². The van der Waals surface area contributed by atoms with Crippen LogP contribution in [0.25, 0.3) is 0 Å². The van der Waals surface area contributed by atoms with Crippen molar-refractivity contribution in [3.63, 3.8) is 0 Å². The topological polar surface area (TPSA) is 61.8 Å². The summed E-state index contributed by atoms with van der Waals surface area (Å²) in [4.78, 5) is 23.0. The Bertz CT molecular complexity index is 472. The molecule has 1 saturated heterocycles. The van der Waals surface area contributed by atoms with Crippen molar-refractivity contribution in [2.24, 2.45) is 0 Å². The fourth-order valence-corrected chi connectivity index (χ4v) is 2.79. The quantitative estimate of drug-likeness (QED) is 0.389. The van der Waals surface area contributed by atoms with Crippen molar-refractivity contribution in [1.29, 1.82) is 0 Å². The van der Waals surface area contributed by atoms with Crippen LogP contribution in [0.4, 0.5) is 0 Å². The van der Waals surface area contributed by atoms with Crippen molar-refractivity contribution < 1.29 is 23.8 Å². The van der Waals surface area contributed by atoms with Gasteiger partial charge in [-0.1, -0.05) is 12.2 Å². The molecule has 1 aliphatic carbocycles. The Hall–Kier alpha value is -1.62. The number of carbonyl (C=O) groups excluding carboxylic acids is 2. The van der Waals surface area contributed by atoms with Crippen molar-refractivity contribution >= 4 is 11.8 Å². The Balaban J connectivity index is 1.78. The standard InChI is InChI=1S/C18H26O5/c1-21-17(20)9-5-3-2-4-8-14-15(19)11-12-16(14)23-18-10-6-7-13-22-18/h2,4,18H,3,5-13H2,1H3/b4-2-. The van der Waals surface area contributed by atoms with Crippen molar-refractivity contribution in [3.05, 3.63) is 23.5 Å². The van der Waals surface area contributed by atoms with Gasteiger partial charge in [0.25, 0.3) is 0 Å². The average molecular weight is 322 g/mol. The predicted octanol–water partition coefficient (Wildman–Crippen LogP) is 3.44. The highest BCUT2D eigenvalue weighted by Gasteiger charge is 2.26. The summed E-state index contributed by atoms with van der Waals surface area (Å²) in [5.41, 5.74) is 0.781. The summed E-state index contributed by atoms with van der Waals surface area (Å²) in [6.45, 7) is 0.737. The highest BCUT2D eigenvalue weighted by atomic mass is 16.7. The van der Waals surface area contributed by atoms with Crippen LogP contribution in [0, 0.1) is 0 Å². The molecule has 1 atom stereocenters. The number of methoxy groups -OCH3 is 1. The monoisotopic (exact) mass is 322 g/mol. The van der Waals surface area contributed by atoms with Gasteiger partial charge in [-0.2, -0.15) is 0 Å². The van der Waals surface area contributed by atoms with Crippen LogP contribution in [0.5, 0.6) is 0 Å². The van der Waals surface area contributed by atoms with Gasteiger partial charge < -0.3 is 14.2 Å². The highest BCUT2D eigenvalue weighted by Crippen LogP contribution is 2.29. The van der Waals surface area contributed by atoms with Crippen molar-refractivity contribution in [1.82, 2.24) is 0 Å². The zero-order valence-corrected chi connectivity index (χ0v) is 13.8. The van der Waals surface area contributed by atoms with Gasteiger partial charge in [0.1, 0.15) is 5.76 Å². The number of carbonyl (C=O) groups is 2. The molecule has 1 aliphatic heterocycles. The SMILES string of the molecule is COC(=O)CCC/C=C\CC1=C(OC2CCCCO2)CCC1=O. The lowest BCUT2D eigenvalue weighted by Crippen LogP contribution is -2.22. The average Bonchev–Trinajstić information content (AvgIpc) is 2.91. The molecule has 1 heterocycles. The molecule has 2 aliphatic rings. The molecule has 0 N–H and O–H groups in total. The molecule has 0 amide bonds. The van der Waals surface area contributed by atoms with Crippen molar-refractivity contribution in [2.45, 2.75) is 64.1 Å². The van der Waals surface area contributed by atoms with E-state index in [0.29, 0.717) is 25.7 Å². The van der Waals surface area contributed by atoms with Gasteiger partial charge in [-0.05, 0) is 32.1 Å². The minimum atomic E-state index is -0.191. The number of esters is 1. The fraction of sp³-hybridized carbons (Fsp3) is 0.667. The van der Waals surface area contributed by atoms with Crippen LogP contribution in [0.15, 0.2) is 23.5 Å². The molecule has 0 bridgehead atoms. The Morgan fingerprint density at radius 1 is 1.30 bits per heavy atom. The lowest BCUT2D eigenvalue weighted by atomic mass is 10.1. The van der Waals surface area contributed by atoms with E-state index in [1.165, 1.54) is 7.11 Å². The van der Waals surface area contributed by atoms with Gasteiger partial charge in [0.2, 0.25) is 0 Å². The van der Waals surface area contributed by atoms with Crippen LogP contribution in [0.3, 0.4) is 0 Å². The first kappa shape index (κ1) is 17.7. The van der Waals surface area contributed by atoms with E-state index >= 15 is 0 Å².